The molecule has 292 valence electrons. The molecule has 0 aromatic heterocycles. The van der Waals surface area contributed by atoms with E-state index in [1.807, 2.05) is 4.90 Å². The Morgan fingerprint density at radius 3 is 2.28 bits per heavy atom. The van der Waals surface area contributed by atoms with E-state index < -0.39 is 18.4 Å². The number of aliphatic hydroxyl groups excluding tert-OH is 2. The Bertz CT molecular complexity index is 1000. The fourth-order valence-electron chi connectivity index (χ4n) is 11.7. The van der Waals surface area contributed by atoms with Crippen molar-refractivity contribution in [1.29, 1.82) is 0 Å². The molecule has 9 nitrogen and oxygen atoms in total. The van der Waals surface area contributed by atoms with Crippen molar-refractivity contribution in [3.63, 3.8) is 0 Å². The lowest BCUT2D eigenvalue weighted by atomic mass is 9.44. The maximum Gasteiger partial charge on any atom is 0.407 e. The highest BCUT2D eigenvalue weighted by Crippen LogP contribution is 2.68. The number of carbonyl (C=O) groups is 1. The number of nitrogens with two attached hydrogens (primary N) is 2. The fourth-order valence-corrected chi connectivity index (χ4v) is 11.7. The van der Waals surface area contributed by atoms with E-state index in [9.17, 15) is 15.0 Å². The van der Waals surface area contributed by atoms with E-state index in [0.29, 0.717) is 42.9 Å². The van der Waals surface area contributed by atoms with Crippen LogP contribution < -0.4 is 22.1 Å². The molecular weight excluding hydrogens is 626 g/mol. The van der Waals surface area contributed by atoms with Gasteiger partial charge < -0.3 is 37.1 Å². The molecule has 0 aromatic carbocycles. The summed E-state index contributed by atoms with van der Waals surface area (Å²) in [5.74, 6) is 5.64. The summed E-state index contributed by atoms with van der Waals surface area (Å²) < 4.78 is 6.05. The molecule has 4 rings (SSSR count). The molecule has 4 saturated carbocycles. The Morgan fingerprint density at radius 1 is 0.860 bits per heavy atom. The second-order valence-electron chi connectivity index (χ2n) is 18.1. The Morgan fingerprint density at radius 2 is 1.56 bits per heavy atom. The van der Waals surface area contributed by atoms with E-state index in [4.69, 9.17) is 16.2 Å². The zero-order valence-corrected chi connectivity index (χ0v) is 32.8. The average molecular weight is 706 g/mol. The molecule has 4 fully saturated rings. The Balaban J connectivity index is 1.27. The molecule has 11 unspecified atom stereocenters. The van der Waals surface area contributed by atoms with Crippen molar-refractivity contribution >= 4 is 6.09 Å². The first-order valence-electron chi connectivity index (χ1n) is 21.1. The SMILES string of the molecule is CC(C)CCCC(C)C1CCC2C3CCC4CC(OC(=O)NC(CO)C(O)N(CCCN)CCCCNCCCN)CCC4(C)C3CCC12C. The van der Waals surface area contributed by atoms with Gasteiger partial charge in [0, 0.05) is 13.1 Å². The fraction of sp³-hybridized carbons (Fsp3) is 0.976. The first-order chi connectivity index (χ1) is 24.0. The standard InChI is InChI=1S/C41H79N5O4/c1-29(2)11-8-12-30(3)34-15-16-35-33-14-13-31-27-32(17-19-40(31,4)36(33)18-20-41(34,35)5)50-39(49)45-37(28-47)38(48)46(26-10-22-43)25-7-6-23-44-24-9-21-42/h29-38,44,47-48H,6-28,42-43H2,1-5H3,(H,45,49). The number of hydrogen-bond acceptors (Lipinski definition) is 8. The van der Waals surface area contributed by atoms with Gasteiger partial charge in [-0.3, -0.25) is 4.90 Å². The van der Waals surface area contributed by atoms with Gasteiger partial charge in [0.05, 0.1) is 12.6 Å². The van der Waals surface area contributed by atoms with Crippen LogP contribution in [0.1, 0.15) is 137 Å². The molecule has 0 saturated heterocycles. The average Bonchev–Trinajstić information content (AvgIpc) is 3.45. The van der Waals surface area contributed by atoms with E-state index >= 15 is 0 Å². The topological polar surface area (TPSA) is 146 Å². The molecule has 4 aliphatic rings. The van der Waals surface area contributed by atoms with Crippen molar-refractivity contribution in [2.45, 2.75) is 156 Å². The number of unbranched alkanes of at least 4 members (excludes halogenated alkanes) is 1. The van der Waals surface area contributed by atoms with Crippen molar-refractivity contribution < 1.29 is 19.7 Å². The highest BCUT2D eigenvalue weighted by Gasteiger charge is 2.60. The maximum absolute atomic E-state index is 13.2. The third-order valence-corrected chi connectivity index (χ3v) is 14.6. The van der Waals surface area contributed by atoms with Crippen LogP contribution in [-0.4, -0.2) is 85.5 Å². The van der Waals surface area contributed by atoms with Crippen LogP contribution in [-0.2, 0) is 4.74 Å². The van der Waals surface area contributed by atoms with Crippen LogP contribution in [0.2, 0.25) is 0 Å². The van der Waals surface area contributed by atoms with E-state index in [1.165, 1.54) is 57.8 Å². The summed E-state index contributed by atoms with van der Waals surface area (Å²) in [4.78, 5) is 15.1. The lowest BCUT2D eigenvalue weighted by Crippen LogP contribution is -2.56. The minimum absolute atomic E-state index is 0.113. The van der Waals surface area contributed by atoms with Crippen LogP contribution in [0.5, 0.6) is 0 Å². The van der Waals surface area contributed by atoms with Crippen LogP contribution in [0, 0.1) is 52.3 Å². The molecule has 9 heteroatoms. The largest absolute Gasteiger partial charge is 0.446 e. The molecule has 0 heterocycles. The summed E-state index contributed by atoms with van der Waals surface area (Å²) in [5.41, 5.74) is 12.2. The van der Waals surface area contributed by atoms with E-state index in [1.54, 1.807) is 0 Å². The van der Waals surface area contributed by atoms with Gasteiger partial charge in [0.1, 0.15) is 12.3 Å². The molecule has 1 amide bonds. The van der Waals surface area contributed by atoms with Crippen molar-refractivity contribution in [2.24, 2.45) is 63.7 Å². The predicted molar refractivity (Wildman–Crippen MR) is 204 cm³/mol. The van der Waals surface area contributed by atoms with Gasteiger partial charge in [-0.05, 0) is 162 Å². The Kier molecular flexibility index (Phi) is 16.6. The smallest absolute Gasteiger partial charge is 0.407 e. The first-order valence-corrected chi connectivity index (χ1v) is 21.1. The molecule has 0 bridgehead atoms. The van der Waals surface area contributed by atoms with Gasteiger partial charge in [-0.15, -0.1) is 0 Å². The summed E-state index contributed by atoms with van der Waals surface area (Å²) in [5, 5.41) is 27.7. The lowest BCUT2D eigenvalue weighted by Gasteiger charge is -2.61. The highest BCUT2D eigenvalue weighted by molar-refractivity contribution is 5.68. The van der Waals surface area contributed by atoms with Gasteiger partial charge >= 0.3 is 6.09 Å². The summed E-state index contributed by atoms with van der Waals surface area (Å²) in [6.07, 6.45) is 17.2. The molecule has 0 aromatic rings. The Labute approximate surface area is 306 Å². The quantitative estimate of drug-likeness (QED) is 0.0607. The van der Waals surface area contributed by atoms with Crippen molar-refractivity contribution in [2.75, 3.05) is 45.9 Å². The molecule has 0 spiro atoms. The number of carbonyl (C=O) groups excluding carboxylic acids is 1. The molecule has 11 atom stereocenters. The van der Waals surface area contributed by atoms with Crippen molar-refractivity contribution in [3.05, 3.63) is 0 Å². The lowest BCUT2D eigenvalue weighted by molar-refractivity contribution is -0.130. The minimum Gasteiger partial charge on any atom is -0.446 e. The van der Waals surface area contributed by atoms with Gasteiger partial charge in [0.25, 0.3) is 0 Å². The zero-order valence-electron chi connectivity index (χ0n) is 32.8. The number of ether oxygens (including phenoxy) is 1. The van der Waals surface area contributed by atoms with Gasteiger partial charge in [-0.25, -0.2) is 4.79 Å². The van der Waals surface area contributed by atoms with Crippen LogP contribution in [0.4, 0.5) is 4.79 Å². The number of nitrogens with zero attached hydrogens (tertiary/aromatic N) is 1. The van der Waals surface area contributed by atoms with Gasteiger partial charge in [-0.1, -0.05) is 53.9 Å². The molecule has 0 aliphatic heterocycles. The number of rotatable bonds is 21. The number of nitrogens with one attached hydrogen (secondary N) is 2. The second kappa shape index (κ2) is 19.9. The van der Waals surface area contributed by atoms with Crippen LogP contribution in [0.3, 0.4) is 0 Å². The van der Waals surface area contributed by atoms with Gasteiger partial charge in [0.2, 0.25) is 0 Å². The maximum atomic E-state index is 13.2. The van der Waals surface area contributed by atoms with E-state index in [-0.39, 0.29) is 12.7 Å². The highest BCUT2D eigenvalue weighted by atomic mass is 16.6. The van der Waals surface area contributed by atoms with E-state index in [0.717, 1.165) is 93.5 Å². The van der Waals surface area contributed by atoms with Gasteiger partial charge in [-0.2, -0.15) is 0 Å². The number of amides is 1. The van der Waals surface area contributed by atoms with Crippen LogP contribution in [0.25, 0.3) is 0 Å². The normalized spacial score (nSPS) is 34.1. The third kappa shape index (κ3) is 10.4. The predicted octanol–water partition coefficient (Wildman–Crippen LogP) is 6.25. The number of alkyl carbamates (subject to hydrolysis) is 1. The zero-order chi connectivity index (χ0) is 36.3. The third-order valence-electron chi connectivity index (χ3n) is 14.6. The summed E-state index contributed by atoms with van der Waals surface area (Å²) in [6.45, 7) is 16.5. The molecule has 8 N–H and O–H groups in total. The first kappa shape index (κ1) is 41.8. The van der Waals surface area contributed by atoms with Crippen molar-refractivity contribution in [3.8, 4) is 0 Å². The van der Waals surface area contributed by atoms with Crippen LogP contribution >= 0.6 is 0 Å². The Hall–Kier alpha value is -0.970. The van der Waals surface area contributed by atoms with E-state index in [2.05, 4.69) is 45.3 Å². The molecule has 50 heavy (non-hydrogen) atoms. The van der Waals surface area contributed by atoms with Crippen molar-refractivity contribution in [1.82, 2.24) is 15.5 Å². The summed E-state index contributed by atoms with van der Waals surface area (Å²) in [7, 11) is 0. The summed E-state index contributed by atoms with van der Waals surface area (Å²) in [6, 6.07) is -0.822. The number of aliphatic hydroxyl groups is 2. The molecule has 0 radical (unpaired) electrons. The monoisotopic (exact) mass is 706 g/mol. The number of hydrogen-bond donors (Lipinski definition) is 6. The van der Waals surface area contributed by atoms with Gasteiger partial charge in [0.15, 0.2) is 0 Å². The summed E-state index contributed by atoms with van der Waals surface area (Å²) >= 11 is 0. The van der Waals surface area contributed by atoms with Crippen LogP contribution in [0.15, 0.2) is 0 Å². The molecular formula is C41H79N5O4. The second-order valence-corrected chi connectivity index (χ2v) is 18.1. The minimum atomic E-state index is -1.01. The number of fused-ring (bicyclic) bond motifs is 5. The molecule has 4 aliphatic carbocycles.